The van der Waals surface area contributed by atoms with Gasteiger partial charge in [-0.3, -0.25) is 0 Å². The van der Waals surface area contributed by atoms with E-state index in [1.807, 2.05) is 0 Å². The van der Waals surface area contributed by atoms with Crippen molar-refractivity contribution >= 4 is 15.9 Å². The number of halogens is 1. The van der Waals surface area contributed by atoms with E-state index in [-0.39, 0.29) is 0 Å². The number of ether oxygens (including phenoxy) is 1. The third kappa shape index (κ3) is 2.62. The second kappa shape index (κ2) is 5.21. The van der Waals surface area contributed by atoms with Crippen LogP contribution in [0, 0.1) is 25.2 Å². The molecule has 1 heterocycles. The highest BCUT2D eigenvalue weighted by Gasteiger charge is 2.50. The predicted octanol–water partition coefficient (Wildman–Crippen LogP) is 4.43. The Morgan fingerprint density at radius 3 is 2.79 bits per heavy atom. The van der Waals surface area contributed by atoms with Crippen LogP contribution in [0.2, 0.25) is 0 Å². The largest absolute Gasteiger partial charge is 0.377 e. The molecule has 0 N–H and O–H groups in total. The van der Waals surface area contributed by atoms with E-state index in [1.54, 1.807) is 0 Å². The Morgan fingerprint density at radius 2 is 2.11 bits per heavy atom. The first kappa shape index (κ1) is 13.6. The number of benzene rings is 1. The molecule has 1 nitrogen and oxygen atoms in total. The topological polar surface area (TPSA) is 9.23 Å². The Hall–Kier alpha value is -0.340. The van der Waals surface area contributed by atoms with Gasteiger partial charge in [0.25, 0.3) is 0 Å². The van der Waals surface area contributed by atoms with Gasteiger partial charge in [0.05, 0.1) is 6.10 Å². The first-order valence-electron chi connectivity index (χ1n) is 7.38. The minimum Gasteiger partial charge on any atom is -0.377 e. The lowest BCUT2D eigenvalue weighted by atomic mass is 9.75. The van der Waals surface area contributed by atoms with Crippen LogP contribution in [0.15, 0.2) is 18.2 Å². The van der Waals surface area contributed by atoms with E-state index in [1.165, 1.54) is 36.0 Å². The van der Waals surface area contributed by atoms with Crippen molar-refractivity contribution in [2.45, 2.75) is 45.6 Å². The molecule has 0 radical (unpaired) electrons. The van der Waals surface area contributed by atoms with Gasteiger partial charge in [-0.2, -0.15) is 0 Å². The maximum Gasteiger partial charge on any atom is 0.0671 e. The SMILES string of the molecule is Cc1ccc(C)c(CC2(CBr)CCOC2C2CC2)c1. The molecule has 0 aromatic heterocycles. The van der Waals surface area contributed by atoms with Gasteiger partial charge in [0.1, 0.15) is 0 Å². The highest BCUT2D eigenvalue weighted by Crippen LogP contribution is 2.50. The summed E-state index contributed by atoms with van der Waals surface area (Å²) >= 11 is 3.79. The summed E-state index contributed by atoms with van der Waals surface area (Å²) in [6, 6.07) is 6.83. The van der Waals surface area contributed by atoms with Crippen molar-refractivity contribution in [3.05, 3.63) is 34.9 Å². The summed E-state index contributed by atoms with van der Waals surface area (Å²) in [4.78, 5) is 0. The molecule has 104 valence electrons. The van der Waals surface area contributed by atoms with Crippen molar-refractivity contribution in [1.82, 2.24) is 0 Å². The van der Waals surface area contributed by atoms with Crippen LogP contribution in [-0.2, 0) is 11.2 Å². The van der Waals surface area contributed by atoms with Crippen LogP contribution >= 0.6 is 15.9 Å². The van der Waals surface area contributed by atoms with Crippen LogP contribution < -0.4 is 0 Å². The summed E-state index contributed by atoms with van der Waals surface area (Å²) in [5, 5.41) is 1.06. The van der Waals surface area contributed by atoms with E-state index in [4.69, 9.17) is 4.74 Å². The zero-order chi connectivity index (χ0) is 13.5. The van der Waals surface area contributed by atoms with E-state index >= 15 is 0 Å². The standard InChI is InChI=1S/C17H23BrO/c1-12-3-4-13(2)15(9-12)10-17(11-18)7-8-19-16(17)14-5-6-14/h3-4,9,14,16H,5-8,10-11H2,1-2H3. The summed E-state index contributed by atoms with van der Waals surface area (Å²) in [5.74, 6) is 0.824. The van der Waals surface area contributed by atoms with Gasteiger partial charge in [-0.05, 0) is 56.6 Å². The summed E-state index contributed by atoms with van der Waals surface area (Å²) in [7, 11) is 0. The summed E-state index contributed by atoms with van der Waals surface area (Å²) in [5.41, 5.74) is 4.62. The van der Waals surface area contributed by atoms with Crippen molar-refractivity contribution in [2.24, 2.45) is 11.3 Å². The van der Waals surface area contributed by atoms with Crippen molar-refractivity contribution in [3.8, 4) is 0 Å². The molecule has 2 unspecified atom stereocenters. The average Bonchev–Trinajstić information content (AvgIpc) is 3.16. The van der Waals surface area contributed by atoms with Crippen molar-refractivity contribution in [1.29, 1.82) is 0 Å². The molecular weight excluding hydrogens is 300 g/mol. The van der Waals surface area contributed by atoms with Gasteiger partial charge >= 0.3 is 0 Å². The lowest BCUT2D eigenvalue weighted by Gasteiger charge is -2.33. The Labute approximate surface area is 124 Å². The number of rotatable bonds is 4. The van der Waals surface area contributed by atoms with E-state index in [0.29, 0.717) is 11.5 Å². The molecular formula is C17H23BrO. The second-order valence-corrected chi connectivity index (χ2v) is 7.04. The van der Waals surface area contributed by atoms with Crippen molar-refractivity contribution in [3.63, 3.8) is 0 Å². The van der Waals surface area contributed by atoms with E-state index in [9.17, 15) is 0 Å². The summed E-state index contributed by atoms with van der Waals surface area (Å²) < 4.78 is 6.10. The lowest BCUT2D eigenvalue weighted by Crippen LogP contribution is -2.36. The van der Waals surface area contributed by atoms with Crippen molar-refractivity contribution < 1.29 is 4.74 Å². The molecule has 2 aliphatic rings. The Kier molecular flexibility index (Phi) is 3.74. The molecule has 1 aliphatic carbocycles. The Bertz CT molecular complexity index is 466. The molecule has 3 rings (SSSR count). The van der Waals surface area contributed by atoms with Crippen LogP contribution in [0.25, 0.3) is 0 Å². The van der Waals surface area contributed by atoms with Gasteiger partial charge in [-0.15, -0.1) is 0 Å². The fourth-order valence-electron chi connectivity index (χ4n) is 3.49. The van der Waals surface area contributed by atoms with Crippen LogP contribution in [-0.4, -0.2) is 18.0 Å². The number of aryl methyl sites for hydroxylation is 2. The fourth-order valence-corrected chi connectivity index (χ4v) is 4.29. The maximum atomic E-state index is 6.10. The molecule has 1 saturated heterocycles. The molecule has 0 spiro atoms. The fraction of sp³-hybridized carbons (Fsp3) is 0.647. The summed E-state index contributed by atoms with van der Waals surface area (Å²) in [6.07, 6.45) is 5.57. The molecule has 19 heavy (non-hydrogen) atoms. The van der Waals surface area contributed by atoms with Gasteiger partial charge in [-0.1, -0.05) is 39.7 Å². The first-order chi connectivity index (χ1) is 9.14. The normalized spacial score (nSPS) is 30.8. The Morgan fingerprint density at radius 1 is 1.32 bits per heavy atom. The minimum absolute atomic E-state index is 0.319. The number of alkyl halides is 1. The van der Waals surface area contributed by atoms with E-state index in [2.05, 4.69) is 48.0 Å². The Balaban J connectivity index is 1.87. The van der Waals surface area contributed by atoms with Crippen molar-refractivity contribution in [2.75, 3.05) is 11.9 Å². The van der Waals surface area contributed by atoms with Gasteiger partial charge in [0, 0.05) is 17.4 Å². The smallest absolute Gasteiger partial charge is 0.0671 e. The monoisotopic (exact) mass is 322 g/mol. The zero-order valence-corrected chi connectivity index (χ0v) is 13.5. The van der Waals surface area contributed by atoms with E-state index in [0.717, 1.165) is 24.3 Å². The van der Waals surface area contributed by atoms with Crippen LogP contribution in [0.1, 0.15) is 36.0 Å². The maximum absolute atomic E-state index is 6.10. The molecule has 2 heteroatoms. The van der Waals surface area contributed by atoms with Gasteiger partial charge in [0.15, 0.2) is 0 Å². The first-order valence-corrected chi connectivity index (χ1v) is 8.50. The molecule has 2 atom stereocenters. The molecule has 0 amide bonds. The van der Waals surface area contributed by atoms with Gasteiger partial charge < -0.3 is 4.74 Å². The molecule has 1 aliphatic heterocycles. The molecule has 0 bridgehead atoms. The van der Waals surface area contributed by atoms with Crippen LogP contribution in [0.4, 0.5) is 0 Å². The van der Waals surface area contributed by atoms with Gasteiger partial charge in [-0.25, -0.2) is 0 Å². The van der Waals surface area contributed by atoms with Crippen LogP contribution in [0.3, 0.4) is 0 Å². The lowest BCUT2D eigenvalue weighted by molar-refractivity contribution is 0.0413. The highest BCUT2D eigenvalue weighted by molar-refractivity contribution is 9.09. The molecule has 1 aromatic rings. The highest BCUT2D eigenvalue weighted by atomic mass is 79.9. The van der Waals surface area contributed by atoms with Gasteiger partial charge in [0.2, 0.25) is 0 Å². The van der Waals surface area contributed by atoms with E-state index < -0.39 is 0 Å². The molecule has 1 aromatic carbocycles. The zero-order valence-electron chi connectivity index (χ0n) is 11.9. The molecule has 2 fully saturated rings. The average molecular weight is 323 g/mol. The predicted molar refractivity (Wildman–Crippen MR) is 82.9 cm³/mol. The molecule has 1 saturated carbocycles. The quantitative estimate of drug-likeness (QED) is 0.745. The third-order valence-corrected chi connectivity index (χ3v) is 5.98. The summed E-state index contributed by atoms with van der Waals surface area (Å²) in [6.45, 7) is 5.36. The second-order valence-electron chi connectivity index (χ2n) is 6.48. The number of hydrogen-bond acceptors (Lipinski definition) is 1. The van der Waals surface area contributed by atoms with Crippen LogP contribution in [0.5, 0.6) is 0 Å². The number of hydrogen-bond donors (Lipinski definition) is 0. The third-order valence-electron chi connectivity index (χ3n) is 4.86. The minimum atomic E-state index is 0.319.